The lowest BCUT2D eigenvalue weighted by Crippen LogP contribution is -2.39. The average Bonchev–Trinajstić information content (AvgIpc) is 2.85. The van der Waals surface area contributed by atoms with Gasteiger partial charge in [-0.25, -0.2) is 9.48 Å². The van der Waals surface area contributed by atoms with Crippen LogP contribution in [0.3, 0.4) is 0 Å². The summed E-state index contributed by atoms with van der Waals surface area (Å²) in [4.78, 5) is 16.0. The molecular formula is C14H24F3IN6O. The van der Waals surface area contributed by atoms with Gasteiger partial charge in [0, 0.05) is 39.6 Å². The SMILES string of the molecule is CN=C(NCCCn1nc2n(c1=O)CCCC2)NCCC(F)(F)F.I. The number of halogens is 4. The molecule has 0 saturated heterocycles. The number of rotatable bonds is 6. The summed E-state index contributed by atoms with van der Waals surface area (Å²) >= 11 is 0. The minimum atomic E-state index is -4.19. The van der Waals surface area contributed by atoms with Gasteiger partial charge in [-0.3, -0.25) is 9.56 Å². The average molecular weight is 476 g/mol. The Morgan fingerprint density at radius 3 is 2.64 bits per heavy atom. The summed E-state index contributed by atoms with van der Waals surface area (Å²) in [6.45, 7) is 1.45. The number of hydrogen-bond donors (Lipinski definition) is 2. The molecule has 7 nitrogen and oxygen atoms in total. The summed E-state index contributed by atoms with van der Waals surface area (Å²) in [5.41, 5.74) is -0.0858. The molecule has 1 aliphatic rings. The molecule has 2 N–H and O–H groups in total. The van der Waals surface area contributed by atoms with E-state index < -0.39 is 12.6 Å². The van der Waals surface area contributed by atoms with Crippen LogP contribution in [-0.4, -0.2) is 46.6 Å². The molecule has 0 bridgehead atoms. The predicted molar refractivity (Wildman–Crippen MR) is 99.5 cm³/mol. The molecule has 0 aliphatic carbocycles. The van der Waals surface area contributed by atoms with E-state index in [1.807, 2.05) is 0 Å². The number of aliphatic imine (C=N–C) groups is 1. The van der Waals surface area contributed by atoms with Crippen LogP contribution >= 0.6 is 24.0 Å². The van der Waals surface area contributed by atoms with Gasteiger partial charge in [-0.1, -0.05) is 0 Å². The van der Waals surface area contributed by atoms with Gasteiger partial charge in [0.25, 0.3) is 0 Å². The van der Waals surface area contributed by atoms with Crippen LogP contribution in [0.2, 0.25) is 0 Å². The van der Waals surface area contributed by atoms with Gasteiger partial charge in [0.1, 0.15) is 5.82 Å². The van der Waals surface area contributed by atoms with Crippen LogP contribution in [0.1, 0.15) is 31.5 Å². The topological polar surface area (TPSA) is 76.2 Å². The van der Waals surface area contributed by atoms with Gasteiger partial charge in [0.2, 0.25) is 0 Å². The lowest BCUT2D eigenvalue weighted by atomic mass is 10.2. The van der Waals surface area contributed by atoms with Crippen LogP contribution in [0.15, 0.2) is 9.79 Å². The van der Waals surface area contributed by atoms with Crippen molar-refractivity contribution in [3.8, 4) is 0 Å². The van der Waals surface area contributed by atoms with E-state index in [9.17, 15) is 18.0 Å². The maximum atomic E-state index is 12.1. The van der Waals surface area contributed by atoms with Gasteiger partial charge < -0.3 is 10.6 Å². The normalized spacial score (nSPS) is 14.6. The summed E-state index contributed by atoms with van der Waals surface area (Å²) in [5.74, 6) is 1.15. The highest BCUT2D eigenvalue weighted by Crippen LogP contribution is 2.18. The zero-order valence-corrected chi connectivity index (χ0v) is 16.4. The number of nitrogens with one attached hydrogen (secondary N) is 2. The van der Waals surface area contributed by atoms with E-state index in [0.717, 1.165) is 31.6 Å². The molecule has 0 amide bonds. The van der Waals surface area contributed by atoms with Crippen LogP contribution in [-0.2, 0) is 19.5 Å². The number of fused-ring (bicyclic) bond motifs is 1. The molecule has 0 spiro atoms. The second-order valence-corrected chi connectivity index (χ2v) is 5.68. The van der Waals surface area contributed by atoms with Crippen molar-refractivity contribution in [3.63, 3.8) is 0 Å². The van der Waals surface area contributed by atoms with Crippen molar-refractivity contribution in [2.75, 3.05) is 20.1 Å². The van der Waals surface area contributed by atoms with Crippen LogP contribution < -0.4 is 16.3 Å². The number of nitrogens with zero attached hydrogens (tertiary/aromatic N) is 4. The maximum Gasteiger partial charge on any atom is 0.390 e. The van der Waals surface area contributed by atoms with Gasteiger partial charge in [-0.15, -0.1) is 24.0 Å². The van der Waals surface area contributed by atoms with E-state index >= 15 is 0 Å². The van der Waals surface area contributed by atoms with Crippen molar-refractivity contribution in [3.05, 3.63) is 16.3 Å². The molecule has 1 aliphatic heterocycles. The fourth-order valence-electron chi connectivity index (χ4n) is 2.57. The van der Waals surface area contributed by atoms with Crippen LogP contribution in [0.4, 0.5) is 13.2 Å². The van der Waals surface area contributed by atoms with Crippen LogP contribution in [0, 0.1) is 0 Å². The highest BCUT2D eigenvalue weighted by atomic mass is 127. The Bertz CT molecular complexity index is 625. The minimum Gasteiger partial charge on any atom is -0.356 e. The van der Waals surface area contributed by atoms with Crippen LogP contribution in [0.25, 0.3) is 0 Å². The first-order valence-corrected chi connectivity index (χ1v) is 8.08. The highest BCUT2D eigenvalue weighted by molar-refractivity contribution is 14.0. The molecule has 0 fully saturated rings. The van der Waals surface area contributed by atoms with E-state index in [4.69, 9.17) is 0 Å². The number of guanidine groups is 1. The summed E-state index contributed by atoms with van der Waals surface area (Å²) in [5, 5.41) is 9.87. The molecular weight excluding hydrogens is 452 g/mol. The summed E-state index contributed by atoms with van der Waals surface area (Å²) < 4.78 is 39.5. The second-order valence-electron chi connectivity index (χ2n) is 5.68. The number of aryl methyl sites for hydroxylation is 2. The Labute approximate surface area is 161 Å². The van der Waals surface area contributed by atoms with Gasteiger partial charge in [-0.2, -0.15) is 18.3 Å². The van der Waals surface area contributed by atoms with Crippen molar-refractivity contribution in [2.24, 2.45) is 4.99 Å². The minimum absolute atomic E-state index is 0. The highest BCUT2D eigenvalue weighted by Gasteiger charge is 2.26. The van der Waals surface area contributed by atoms with Gasteiger partial charge in [0.05, 0.1) is 6.42 Å². The smallest absolute Gasteiger partial charge is 0.356 e. The lowest BCUT2D eigenvalue weighted by molar-refractivity contribution is -0.132. The fourth-order valence-corrected chi connectivity index (χ4v) is 2.57. The van der Waals surface area contributed by atoms with Crippen molar-refractivity contribution in [2.45, 2.75) is 51.4 Å². The van der Waals surface area contributed by atoms with E-state index in [0.29, 0.717) is 25.5 Å². The van der Waals surface area contributed by atoms with Crippen molar-refractivity contribution in [1.29, 1.82) is 0 Å². The Morgan fingerprint density at radius 2 is 2.00 bits per heavy atom. The monoisotopic (exact) mass is 476 g/mol. The zero-order chi connectivity index (χ0) is 17.6. The molecule has 25 heavy (non-hydrogen) atoms. The molecule has 144 valence electrons. The molecule has 0 radical (unpaired) electrons. The number of aromatic nitrogens is 3. The van der Waals surface area contributed by atoms with E-state index in [-0.39, 0.29) is 36.2 Å². The van der Waals surface area contributed by atoms with E-state index in [1.54, 1.807) is 4.57 Å². The number of hydrogen-bond acceptors (Lipinski definition) is 3. The van der Waals surface area contributed by atoms with Crippen molar-refractivity contribution >= 4 is 29.9 Å². The van der Waals surface area contributed by atoms with Gasteiger partial charge >= 0.3 is 11.9 Å². The lowest BCUT2D eigenvalue weighted by Gasteiger charge is -2.12. The first kappa shape index (κ1) is 21.8. The first-order valence-electron chi connectivity index (χ1n) is 8.08. The van der Waals surface area contributed by atoms with E-state index in [2.05, 4.69) is 20.7 Å². The Kier molecular flexibility index (Phi) is 8.73. The molecule has 0 unspecified atom stereocenters. The molecule has 0 atom stereocenters. The third-order valence-electron chi connectivity index (χ3n) is 3.80. The van der Waals surface area contributed by atoms with Gasteiger partial charge in [0.15, 0.2) is 5.96 Å². The first-order chi connectivity index (χ1) is 11.4. The molecule has 1 aromatic heterocycles. The molecule has 11 heteroatoms. The largest absolute Gasteiger partial charge is 0.390 e. The molecule has 0 saturated carbocycles. The van der Waals surface area contributed by atoms with Crippen molar-refractivity contribution < 1.29 is 13.2 Å². The summed E-state index contributed by atoms with van der Waals surface area (Å²) in [6, 6.07) is 0. The van der Waals surface area contributed by atoms with Crippen LogP contribution in [0.5, 0.6) is 0 Å². The Morgan fingerprint density at radius 1 is 1.28 bits per heavy atom. The molecule has 1 aromatic rings. The quantitative estimate of drug-likeness (QED) is 0.283. The molecule has 2 heterocycles. The van der Waals surface area contributed by atoms with E-state index in [1.165, 1.54) is 11.7 Å². The van der Waals surface area contributed by atoms with Gasteiger partial charge in [-0.05, 0) is 19.3 Å². The predicted octanol–water partition coefficient (Wildman–Crippen LogP) is 1.51. The maximum absolute atomic E-state index is 12.1. The Balaban J connectivity index is 0.00000312. The zero-order valence-electron chi connectivity index (χ0n) is 14.1. The standard InChI is InChI=1S/C14H23F3N6O.HI/c1-18-12(20-8-6-14(15,16)17)19-7-4-10-23-13(24)22-9-3-2-5-11(22)21-23;/h2-10H2,1H3,(H2,18,19,20);1H. The summed E-state index contributed by atoms with van der Waals surface area (Å²) in [6.07, 6.45) is -1.60. The third kappa shape index (κ3) is 6.86. The Hall–Kier alpha value is -1.27. The van der Waals surface area contributed by atoms with Crippen molar-refractivity contribution in [1.82, 2.24) is 25.0 Å². The fraction of sp³-hybridized carbons (Fsp3) is 0.786. The molecule has 0 aromatic carbocycles. The molecule has 2 rings (SSSR count). The second kappa shape index (κ2) is 10.0. The number of alkyl halides is 3. The summed E-state index contributed by atoms with van der Waals surface area (Å²) in [7, 11) is 1.50. The third-order valence-corrected chi connectivity index (χ3v) is 3.80.